The zero-order valence-electron chi connectivity index (χ0n) is 34.4. The fourth-order valence-corrected chi connectivity index (χ4v) is 7.66. The van der Waals surface area contributed by atoms with Gasteiger partial charge in [-0.25, -0.2) is 9.69 Å². The SMILES string of the molecule is C=CCOC(=O)C[C@H](C(=O)N[C@@H](C)C(=O)Cc1ccc(COC(=O)N2c3cc(C)c(C)cc3C(=O)N3C=C(C)C[C@H]3[C@@H]2O[Si](C)(C)C(C)(C)C)cc1)C(C)C. The first kappa shape index (κ1) is 43.2. The lowest BCUT2D eigenvalue weighted by atomic mass is 9.91. The molecule has 12 heteroatoms. The van der Waals surface area contributed by atoms with Crippen molar-refractivity contribution in [1.82, 2.24) is 10.2 Å². The molecular formula is C43H59N3O8Si. The second kappa shape index (κ2) is 17.5. The van der Waals surface area contributed by atoms with Gasteiger partial charge in [0.2, 0.25) is 5.91 Å². The lowest BCUT2D eigenvalue weighted by Gasteiger charge is -2.44. The van der Waals surface area contributed by atoms with Crippen molar-refractivity contribution in [3.8, 4) is 0 Å². The van der Waals surface area contributed by atoms with Crippen LogP contribution >= 0.6 is 0 Å². The van der Waals surface area contributed by atoms with E-state index in [9.17, 15) is 24.0 Å². The van der Waals surface area contributed by atoms with Crippen LogP contribution in [-0.2, 0) is 41.3 Å². The van der Waals surface area contributed by atoms with Gasteiger partial charge in [-0.3, -0.25) is 19.2 Å². The largest absolute Gasteiger partial charge is 0.461 e. The molecule has 0 radical (unpaired) electrons. The van der Waals surface area contributed by atoms with Crippen molar-refractivity contribution in [1.29, 1.82) is 0 Å². The number of esters is 1. The van der Waals surface area contributed by atoms with Crippen LogP contribution in [-0.4, -0.2) is 67.8 Å². The molecule has 2 aromatic rings. The molecule has 0 saturated carbocycles. The normalized spacial score (nSPS) is 18.1. The van der Waals surface area contributed by atoms with Gasteiger partial charge < -0.3 is 24.1 Å². The average Bonchev–Trinajstić information content (AvgIpc) is 3.47. The van der Waals surface area contributed by atoms with Crippen LogP contribution in [0.3, 0.4) is 0 Å². The summed E-state index contributed by atoms with van der Waals surface area (Å²) in [5, 5.41) is 2.60. The molecule has 4 atom stereocenters. The minimum atomic E-state index is -2.48. The van der Waals surface area contributed by atoms with Gasteiger partial charge in [-0.2, -0.15) is 0 Å². The van der Waals surface area contributed by atoms with Crippen LogP contribution in [0, 0.1) is 25.7 Å². The quantitative estimate of drug-likeness (QED) is 0.116. The number of ether oxygens (including phenoxy) is 2. The molecule has 0 fully saturated rings. The van der Waals surface area contributed by atoms with E-state index in [1.165, 1.54) is 6.08 Å². The number of nitrogens with one attached hydrogen (secondary N) is 1. The van der Waals surface area contributed by atoms with Crippen molar-refractivity contribution < 1.29 is 37.9 Å². The van der Waals surface area contributed by atoms with E-state index in [0.29, 0.717) is 23.2 Å². The molecule has 0 saturated heterocycles. The van der Waals surface area contributed by atoms with Crippen LogP contribution in [0.4, 0.5) is 10.5 Å². The van der Waals surface area contributed by atoms with E-state index in [4.69, 9.17) is 13.9 Å². The standard InChI is InChI=1S/C43H59N3O8Si/c1-13-18-52-38(48)23-33(26(2)3)39(49)44-30(7)37(47)22-31-14-16-32(17-15-31)25-53-42(51)46-35-21-29(6)28(5)20-34(35)40(50)45-24-27(4)19-36(45)41(46)54-55(11,12)43(8,9)10/h13-17,20-21,24,26,30,33,36,41H,1,18-19,22-23,25H2,2-12H3,(H,44,49)/t30-,33-,36-,41-/m0/s1. The topological polar surface area (TPSA) is 132 Å². The number of fused-ring (bicyclic) bond motifs is 2. The minimum absolute atomic E-state index is 0.0472. The number of ketones is 1. The van der Waals surface area contributed by atoms with Gasteiger partial charge in [-0.1, -0.05) is 77.1 Å². The van der Waals surface area contributed by atoms with Crippen LogP contribution in [0.5, 0.6) is 0 Å². The van der Waals surface area contributed by atoms with Crippen molar-refractivity contribution in [2.75, 3.05) is 11.5 Å². The van der Waals surface area contributed by atoms with Crippen molar-refractivity contribution in [3.05, 3.63) is 88.6 Å². The molecule has 1 N–H and O–H groups in total. The summed E-state index contributed by atoms with van der Waals surface area (Å²) < 4.78 is 18.1. The Morgan fingerprint density at radius 2 is 1.60 bits per heavy atom. The van der Waals surface area contributed by atoms with Crippen LogP contribution < -0.4 is 10.2 Å². The predicted octanol–water partition coefficient (Wildman–Crippen LogP) is 7.93. The van der Waals surface area contributed by atoms with Crippen LogP contribution in [0.15, 0.2) is 60.8 Å². The van der Waals surface area contributed by atoms with E-state index in [1.54, 1.807) is 41.0 Å². The maximum absolute atomic E-state index is 14.4. The summed E-state index contributed by atoms with van der Waals surface area (Å²) in [7, 11) is -2.48. The number of carbonyl (C=O) groups excluding carboxylic acids is 5. The van der Waals surface area contributed by atoms with E-state index in [-0.39, 0.29) is 54.6 Å². The third-order valence-corrected chi connectivity index (χ3v) is 15.5. The molecule has 2 aromatic carbocycles. The number of rotatable bonds is 14. The molecule has 4 rings (SSSR count). The molecule has 0 aliphatic carbocycles. The monoisotopic (exact) mass is 773 g/mol. The number of Topliss-reactive ketones (excluding diaryl/α,β-unsaturated/α-hetero) is 1. The highest BCUT2D eigenvalue weighted by Gasteiger charge is 2.50. The maximum Gasteiger partial charge on any atom is 0.416 e. The Labute approximate surface area is 327 Å². The second-order valence-corrected chi connectivity index (χ2v) is 21.6. The first-order valence-corrected chi connectivity index (χ1v) is 22.0. The Morgan fingerprint density at radius 3 is 2.20 bits per heavy atom. The number of hydrogen-bond donors (Lipinski definition) is 1. The van der Waals surface area contributed by atoms with Gasteiger partial charge in [0.15, 0.2) is 20.3 Å². The fourth-order valence-electron chi connectivity index (χ4n) is 6.44. The molecule has 0 spiro atoms. The van der Waals surface area contributed by atoms with Gasteiger partial charge in [0.05, 0.1) is 35.7 Å². The Kier molecular flexibility index (Phi) is 13.7. The third-order valence-electron chi connectivity index (χ3n) is 11.1. The number of nitrogens with zero attached hydrogens (tertiary/aromatic N) is 2. The molecule has 3 amide bonds. The Bertz CT molecular complexity index is 1830. The molecule has 11 nitrogen and oxygen atoms in total. The number of hydrogen-bond acceptors (Lipinski definition) is 8. The highest BCUT2D eigenvalue weighted by molar-refractivity contribution is 6.74. The van der Waals surface area contributed by atoms with E-state index >= 15 is 0 Å². The second-order valence-electron chi connectivity index (χ2n) is 16.8. The summed E-state index contributed by atoms with van der Waals surface area (Å²) in [6.07, 6.45) is 2.47. The van der Waals surface area contributed by atoms with Gasteiger partial charge in [0.25, 0.3) is 5.91 Å². The Hall–Kier alpha value is -4.55. The smallest absolute Gasteiger partial charge is 0.416 e. The van der Waals surface area contributed by atoms with Crippen molar-refractivity contribution in [2.45, 2.75) is 125 Å². The molecule has 298 valence electrons. The maximum atomic E-state index is 14.4. The van der Waals surface area contributed by atoms with Crippen LogP contribution in [0.1, 0.15) is 93.9 Å². The zero-order valence-corrected chi connectivity index (χ0v) is 35.4. The number of anilines is 1. The minimum Gasteiger partial charge on any atom is -0.461 e. The molecular weight excluding hydrogens is 715 g/mol. The van der Waals surface area contributed by atoms with Gasteiger partial charge in [-0.15, -0.1) is 0 Å². The summed E-state index contributed by atoms with van der Waals surface area (Å²) >= 11 is 0. The number of amides is 3. The first-order valence-electron chi connectivity index (χ1n) is 19.1. The molecule has 0 bridgehead atoms. The first-order chi connectivity index (χ1) is 25.6. The predicted molar refractivity (Wildman–Crippen MR) is 216 cm³/mol. The van der Waals surface area contributed by atoms with Crippen molar-refractivity contribution >= 4 is 43.7 Å². The Balaban J connectivity index is 1.50. The van der Waals surface area contributed by atoms with E-state index < -0.39 is 44.6 Å². The third kappa shape index (κ3) is 10.2. The van der Waals surface area contributed by atoms with Crippen LogP contribution in [0.2, 0.25) is 18.1 Å². The number of carbonyl (C=O) groups is 5. The molecule has 2 aliphatic rings. The van der Waals surface area contributed by atoms with Crippen molar-refractivity contribution in [3.63, 3.8) is 0 Å². The summed E-state index contributed by atoms with van der Waals surface area (Å²) in [6.45, 7) is 25.5. The summed E-state index contributed by atoms with van der Waals surface area (Å²) in [6, 6.07) is 9.70. The number of benzene rings is 2. The molecule has 55 heavy (non-hydrogen) atoms. The zero-order chi connectivity index (χ0) is 41.0. The number of aryl methyl sites for hydroxylation is 2. The molecule has 2 aliphatic heterocycles. The summed E-state index contributed by atoms with van der Waals surface area (Å²) in [4.78, 5) is 70.0. The fraction of sp³-hybridized carbons (Fsp3) is 0.512. The lowest BCUT2D eigenvalue weighted by molar-refractivity contribution is -0.146. The van der Waals surface area contributed by atoms with Gasteiger partial charge in [0, 0.05) is 12.6 Å². The summed E-state index contributed by atoms with van der Waals surface area (Å²) in [5.74, 6) is -2.03. The van der Waals surface area contributed by atoms with E-state index in [0.717, 1.165) is 22.3 Å². The molecule has 0 aromatic heterocycles. The van der Waals surface area contributed by atoms with Gasteiger partial charge in [-0.05, 0) is 92.6 Å². The van der Waals surface area contributed by atoms with Crippen molar-refractivity contribution in [2.24, 2.45) is 11.8 Å². The van der Waals surface area contributed by atoms with Crippen LogP contribution in [0.25, 0.3) is 0 Å². The van der Waals surface area contributed by atoms with Gasteiger partial charge in [0.1, 0.15) is 13.2 Å². The van der Waals surface area contributed by atoms with Gasteiger partial charge >= 0.3 is 12.1 Å². The summed E-state index contributed by atoms with van der Waals surface area (Å²) in [5.41, 5.74) is 5.23. The highest BCUT2D eigenvalue weighted by atomic mass is 28.4. The van der Waals surface area contributed by atoms with E-state index in [2.05, 4.69) is 45.8 Å². The lowest BCUT2D eigenvalue weighted by Crippen LogP contribution is -2.57. The van der Waals surface area contributed by atoms with E-state index in [1.807, 2.05) is 53.0 Å². The molecule has 2 heterocycles. The highest BCUT2D eigenvalue weighted by Crippen LogP contribution is 2.43. The average molecular weight is 774 g/mol. The molecule has 0 unspecified atom stereocenters. The Morgan fingerprint density at radius 1 is 0.982 bits per heavy atom.